The van der Waals surface area contributed by atoms with Crippen LogP contribution in [-0.2, 0) is 0 Å². The van der Waals surface area contributed by atoms with Crippen molar-refractivity contribution in [1.29, 1.82) is 0 Å². The summed E-state index contributed by atoms with van der Waals surface area (Å²) in [6.45, 7) is 0. The van der Waals surface area contributed by atoms with Crippen LogP contribution in [0.25, 0.3) is 22.3 Å². The van der Waals surface area contributed by atoms with Gasteiger partial charge in [0.1, 0.15) is 5.82 Å². The summed E-state index contributed by atoms with van der Waals surface area (Å²) in [5.41, 5.74) is 4.43. The zero-order valence-electron chi connectivity index (χ0n) is 17.8. The fourth-order valence-electron chi connectivity index (χ4n) is 3.51. The predicted octanol–water partition coefficient (Wildman–Crippen LogP) is 5.31. The number of fused-ring (bicyclic) bond motifs is 1. The van der Waals surface area contributed by atoms with E-state index in [4.69, 9.17) is 0 Å². The van der Waals surface area contributed by atoms with E-state index >= 15 is 0 Å². The molecule has 0 bridgehead atoms. The number of hydrogen-bond acceptors (Lipinski definition) is 5. The van der Waals surface area contributed by atoms with Crippen molar-refractivity contribution < 1.29 is 14.0 Å². The highest BCUT2D eigenvalue weighted by molar-refractivity contribution is 6.10. The van der Waals surface area contributed by atoms with Gasteiger partial charge in [-0.15, -0.1) is 0 Å². The number of ketones is 1. The average molecular weight is 448 g/mol. The molecule has 6 nitrogen and oxygen atoms in total. The molecule has 5 aromatic rings. The molecule has 2 heterocycles. The highest BCUT2D eigenvalue weighted by Gasteiger charge is 2.13. The molecule has 1 amide bonds. The summed E-state index contributed by atoms with van der Waals surface area (Å²) in [7, 11) is 0. The molecule has 1 N–H and O–H groups in total. The summed E-state index contributed by atoms with van der Waals surface area (Å²) in [5, 5.41) is 2.70. The molecule has 0 radical (unpaired) electrons. The van der Waals surface area contributed by atoms with Crippen molar-refractivity contribution in [3.05, 3.63) is 120 Å². The molecule has 2 aromatic heterocycles. The van der Waals surface area contributed by atoms with Crippen molar-refractivity contribution >= 4 is 28.4 Å². The van der Waals surface area contributed by atoms with E-state index in [0.717, 1.165) is 11.6 Å². The number of anilines is 1. The molecule has 0 spiro atoms. The van der Waals surface area contributed by atoms with Gasteiger partial charge >= 0.3 is 0 Å². The van der Waals surface area contributed by atoms with Gasteiger partial charge in [0.05, 0.1) is 22.9 Å². The molecule has 0 atom stereocenters. The van der Waals surface area contributed by atoms with Crippen molar-refractivity contribution in [3.63, 3.8) is 0 Å². The first-order valence-corrected chi connectivity index (χ1v) is 10.5. The summed E-state index contributed by atoms with van der Waals surface area (Å²) in [6.07, 6.45) is 5.07. The molecule has 0 unspecified atom stereocenters. The Morgan fingerprint density at radius 2 is 1.59 bits per heavy atom. The Kier molecular flexibility index (Phi) is 5.58. The standard InChI is InChI=1S/C27H17FN4O2/c28-21-5-1-3-19(13-21)27(34)31-22-9-6-17(7-10-22)26(33)18-8-11-23-24(14-18)32-25(16-30-23)20-4-2-12-29-15-20/h1-16H,(H,31,34). The van der Waals surface area contributed by atoms with E-state index in [-0.39, 0.29) is 11.3 Å². The molecule has 3 aromatic carbocycles. The van der Waals surface area contributed by atoms with E-state index < -0.39 is 11.7 Å². The third-order valence-electron chi connectivity index (χ3n) is 5.25. The maximum atomic E-state index is 13.3. The second-order valence-corrected chi connectivity index (χ2v) is 7.57. The number of amides is 1. The summed E-state index contributed by atoms with van der Waals surface area (Å²) in [4.78, 5) is 38.5. The van der Waals surface area contributed by atoms with E-state index in [9.17, 15) is 14.0 Å². The summed E-state index contributed by atoms with van der Waals surface area (Å²) < 4.78 is 13.3. The molecule has 5 rings (SSSR count). The third kappa shape index (κ3) is 4.40. The highest BCUT2D eigenvalue weighted by atomic mass is 19.1. The zero-order chi connectivity index (χ0) is 23.5. The maximum Gasteiger partial charge on any atom is 0.255 e. The van der Waals surface area contributed by atoms with Gasteiger partial charge in [-0.1, -0.05) is 6.07 Å². The number of carbonyl (C=O) groups is 2. The van der Waals surface area contributed by atoms with E-state index in [1.54, 1.807) is 61.1 Å². The molecule has 164 valence electrons. The van der Waals surface area contributed by atoms with Gasteiger partial charge in [0.2, 0.25) is 0 Å². The van der Waals surface area contributed by atoms with E-state index in [0.29, 0.717) is 33.5 Å². The van der Waals surface area contributed by atoms with Gasteiger partial charge < -0.3 is 5.32 Å². The van der Waals surface area contributed by atoms with Crippen LogP contribution in [0.1, 0.15) is 26.3 Å². The molecule has 0 aliphatic heterocycles. The quantitative estimate of drug-likeness (QED) is 0.368. The molecule has 0 aliphatic rings. The average Bonchev–Trinajstić information content (AvgIpc) is 2.88. The minimum atomic E-state index is -0.485. The Morgan fingerprint density at radius 3 is 2.35 bits per heavy atom. The van der Waals surface area contributed by atoms with Gasteiger partial charge in [0.15, 0.2) is 5.78 Å². The van der Waals surface area contributed by atoms with Crippen molar-refractivity contribution in [1.82, 2.24) is 15.0 Å². The number of carbonyl (C=O) groups excluding carboxylic acids is 2. The van der Waals surface area contributed by atoms with Gasteiger partial charge in [-0.3, -0.25) is 19.6 Å². The second kappa shape index (κ2) is 8.99. The molecule has 34 heavy (non-hydrogen) atoms. The van der Waals surface area contributed by atoms with Crippen molar-refractivity contribution in [3.8, 4) is 11.3 Å². The van der Waals surface area contributed by atoms with Crippen LogP contribution in [0.15, 0.2) is 97.5 Å². The van der Waals surface area contributed by atoms with Crippen molar-refractivity contribution in [2.45, 2.75) is 0 Å². The Morgan fingerprint density at radius 1 is 0.765 bits per heavy atom. The predicted molar refractivity (Wildman–Crippen MR) is 127 cm³/mol. The number of benzene rings is 3. The Bertz CT molecular complexity index is 1520. The van der Waals surface area contributed by atoms with E-state index in [2.05, 4.69) is 20.3 Å². The minimum Gasteiger partial charge on any atom is -0.322 e. The van der Waals surface area contributed by atoms with Crippen LogP contribution < -0.4 is 5.32 Å². The van der Waals surface area contributed by atoms with Crippen LogP contribution in [-0.4, -0.2) is 26.6 Å². The number of nitrogens with one attached hydrogen (secondary N) is 1. The summed E-state index contributed by atoms with van der Waals surface area (Å²) in [5.74, 6) is -1.10. The lowest BCUT2D eigenvalue weighted by Crippen LogP contribution is -2.12. The molecule has 0 saturated carbocycles. The normalized spacial score (nSPS) is 10.7. The molecular weight excluding hydrogens is 431 g/mol. The van der Waals surface area contributed by atoms with Gasteiger partial charge in [0.25, 0.3) is 5.91 Å². The fourth-order valence-corrected chi connectivity index (χ4v) is 3.51. The Hall–Kier alpha value is -4.78. The zero-order valence-corrected chi connectivity index (χ0v) is 17.8. The first-order valence-electron chi connectivity index (χ1n) is 10.5. The highest BCUT2D eigenvalue weighted by Crippen LogP contribution is 2.21. The SMILES string of the molecule is O=C(Nc1ccc(C(=O)c2ccc3ncc(-c4cccnc4)nc3c2)cc1)c1cccc(F)c1. The molecule has 0 aliphatic carbocycles. The van der Waals surface area contributed by atoms with Crippen LogP contribution >= 0.6 is 0 Å². The molecular formula is C27H17FN4O2. The van der Waals surface area contributed by atoms with E-state index in [1.165, 1.54) is 18.2 Å². The number of halogens is 1. The van der Waals surface area contributed by atoms with Gasteiger partial charge in [-0.05, 0) is 72.8 Å². The molecule has 0 saturated heterocycles. The van der Waals surface area contributed by atoms with Crippen molar-refractivity contribution in [2.75, 3.05) is 5.32 Å². The molecule has 0 fully saturated rings. The first kappa shape index (κ1) is 21.1. The lowest BCUT2D eigenvalue weighted by molar-refractivity contribution is 0.102. The Labute approximate surface area is 194 Å². The van der Waals surface area contributed by atoms with E-state index in [1.807, 2.05) is 12.1 Å². The van der Waals surface area contributed by atoms with Crippen LogP contribution in [0.4, 0.5) is 10.1 Å². The topological polar surface area (TPSA) is 84.8 Å². The minimum absolute atomic E-state index is 0.182. The summed E-state index contributed by atoms with van der Waals surface area (Å²) >= 11 is 0. The summed E-state index contributed by atoms with van der Waals surface area (Å²) in [6, 6.07) is 20.9. The third-order valence-corrected chi connectivity index (χ3v) is 5.25. The lowest BCUT2D eigenvalue weighted by atomic mass is 10.0. The smallest absolute Gasteiger partial charge is 0.255 e. The van der Waals surface area contributed by atoms with Crippen LogP contribution in [0.3, 0.4) is 0 Å². The Balaban J connectivity index is 1.36. The number of pyridine rings is 1. The van der Waals surface area contributed by atoms with Crippen LogP contribution in [0, 0.1) is 5.82 Å². The second-order valence-electron chi connectivity index (χ2n) is 7.57. The number of rotatable bonds is 5. The monoisotopic (exact) mass is 448 g/mol. The maximum absolute atomic E-state index is 13.3. The number of nitrogens with zero attached hydrogens (tertiary/aromatic N) is 3. The lowest BCUT2D eigenvalue weighted by Gasteiger charge is -2.08. The van der Waals surface area contributed by atoms with Gasteiger partial charge in [-0.2, -0.15) is 0 Å². The van der Waals surface area contributed by atoms with Gasteiger partial charge in [0, 0.05) is 40.3 Å². The van der Waals surface area contributed by atoms with Crippen LogP contribution in [0.2, 0.25) is 0 Å². The van der Waals surface area contributed by atoms with Crippen LogP contribution in [0.5, 0.6) is 0 Å². The van der Waals surface area contributed by atoms with Gasteiger partial charge in [-0.25, -0.2) is 9.37 Å². The number of aromatic nitrogens is 3. The largest absolute Gasteiger partial charge is 0.322 e. The molecule has 7 heteroatoms. The first-order chi connectivity index (χ1) is 16.6. The number of hydrogen-bond donors (Lipinski definition) is 1. The van der Waals surface area contributed by atoms with Crippen molar-refractivity contribution in [2.24, 2.45) is 0 Å². The fraction of sp³-hybridized carbons (Fsp3) is 0.